The summed E-state index contributed by atoms with van der Waals surface area (Å²) in [6, 6.07) is 5.18. The van der Waals surface area contributed by atoms with Crippen molar-refractivity contribution in [2.24, 2.45) is 0 Å². The van der Waals surface area contributed by atoms with Gasteiger partial charge in [0.25, 0.3) is 0 Å². The average molecular weight is 362 g/mol. The summed E-state index contributed by atoms with van der Waals surface area (Å²) in [7, 11) is 0. The van der Waals surface area contributed by atoms with Crippen LogP contribution in [0.25, 0.3) is 0 Å². The van der Waals surface area contributed by atoms with Crippen molar-refractivity contribution in [1.82, 2.24) is 0 Å². The number of phenols is 5. The van der Waals surface area contributed by atoms with Gasteiger partial charge >= 0.3 is 0 Å². The van der Waals surface area contributed by atoms with Gasteiger partial charge in [0.15, 0.2) is 23.4 Å². The van der Waals surface area contributed by atoms with Crippen molar-refractivity contribution in [2.45, 2.75) is 45.0 Å². The molecule has 140 valence electrons. The maximum atomic E-state index is 10.1. The van der Waals surface area contributed by atoms with E-state index in [1.54, 1.807) is 0 Å². The molecule has 0 saturated heterocycles. The van der Waals surface area contributed by atoms with Gasteiger partial charge in [0.05, 0.1) is 5.60 Å². The number of phenolic OH excluding ortho intramolecular Hbond substituents is 5. The molecule has 0 bridgehead atoms. The quantitative estimate of drug-likeness (QED) is 0.521. The lowest BCUT2D eigenvalue weighted by atomic mass is 9.92. The van der Waals surface area contributed by atoms with Crippen molar-refractivity contribution >= 4 is 0 Å². The van der Waals surface area contributed by atoms with Crippen LogP contribution < -0.4 is 4.74 Å². The van der Waals surface area contributed by atoms with E-state index in [0.29, 0.717) is 17.5 Å². The molecular weight excluding hydrogens is 340 g/mol. The summed E-state index contributed by atoms with van der Waals surface area (Å²) in [5.74, 6) is -1.55. The Kier molecular flexibility index (Phi) is 4.28. The molecule has 1 heterocycles. The highest BCUT2D eigenvalue weighted by Crippen LogP contribution is 2.46. The third-order valence-electron chi connectivity index (χ3n) is 4.09. The Morgan fingerprint density at radius 2 is 1.54 bits per heavy atom. The van der Waals surface area contributed by atoms with E-state index in [1.165, 1.54) is 24.3 Å². The van der Waals surface area contributed by atoms with Crippen LogP contribution in [0.15, 0.2) is 24.3 Å². The van der Waals surface area contributed by atoms with E-state index in [4.69, 9.17) is 9.47 Å². The second-order valence-corrected chi connectivity index (χ2v) is 7.36. The van der Waals surface area contributed by atoms with Gasteiger partial charge in [0.1, 0.15) is 23.4 Å². The Morgan fingerprint density at radius 1 is 0.923 bits per heavy atom. The molecule has 26 heavy (non-hydrogen) atoms. The summed E-state index contributed by atoms with van der Waals surface area (Å²) in [5, 5.41) is 49.1. The number of benzene rings is 2. The van der Waals surface area contributed by atoms with Crippen LogP contribution in [0, 0.1) is 0 Å². The topological polar surface area (TPSA) is 120 Å². The third kappa shape index (κ3) is 3.43. The average Bonchev–Trinajstić information content (AvgIpc) is 2.50. The zero-order valence-corrected chi connectivity index (χ0v) is 14.7. The van der Waals surface area contributed by atoms with E-state index < -0.39 is 35.1 Å². The van der Waals surface area contributed by atoms with Crippen LogP contribution in [-0.2, 0) is 11.2 Å². The van der Waals surface area contributed by atoms with E-state index in [2.05, 4.69) is 0 Å². The van der Waals surface area contributed by atoms with Crippen molar-refractivity contribution in [3.05, 3.63) is 35.4 Å². The Hall–Kier alpha value is -2.80. The van der Waals surface area contributed by atoms with E-state index in [-0.39, 0.29) is 17.2 Å². The molecule has 0 aromatic heterocycles. The van der Waals surface area contributed by atoms with Crippen LogP contribution in [-0.4, -0.2) is 37.2 Å². The van der Waals surface area contributed by atoms with Gasteiger partial charge in [0.2, 0.25) is 0 Å². The molecule has 7 nitrogen and oxygen atoms in total. The van der Waals surface area contributed by atoms with Gasteiger partial charge in [-0.1, -0.05) is 0 Å². The second-order valence-electron chi connectivity index (χ2n) is 7.36. The number of hydrogen-bond acceptors (Lipinski definition) is 7. The SMILES string of the molecule is CC(C)(C)O[C@@H]1Cc2c(O)cc(O)cc2OC1c1cc(O)c(O)c(O)c1. The molecule has 0 saturated carbocycles. The van der Waals surface area contributed by atoms with Crippen LogP contribution in [0.2, 0.25) is 0 Å². The lowest BCUT2D eigenvalue weighted by Gasteiger charge is -2.38. The van der Waals surface area contributed by atoms with Crippen LogP contribution in [0.4, 0.5) is 0 Å². The summed E-state index contributed by atoms with van der Waals surface area (Å²) >= 11 is 0. The van der Waals surface area contributed by atoms with E-state index in [0.717, 1.165) is 0 Å². The van der Waals surface area contributed by atoms with Crippen molar-refractivity contribution in [1.29, 1.82) is 0 Å². The maximum Gasteiger partial charge on any atom is 0.200 e. The summed E-state index contributed by atoms with van der Waals surface area (Å²) in [6.07, 6.45) is -0.979. The minimum Gasteiger partial charge on any atom is -0.508 e. The first kappa shape index (κ1) is 18.0. The molecule has 0 aliphatic carbocycles. The monoisotopic (exact) mass is 362 g/mol. The van der Waals surface area contributed by atoms with Gasteiger partial charge in [-0.05, 0) is 32.9 Å². The van der Waals surface area contributed by atoms with Crippen LogP contribution in [0.5, 0.6) is 34.5 Å². The Morgan fingerprint density at radius 3 is 2.12 bits per heavy atom. The molecular formula is C19H22O7. The van der Waals surface area contributed by atoms with Gasteiger partial charge in [-0.25, -0.2) is 0 Å². The predicted molar refractivity (Wildman–Crippen MR) is 92.9 cm³/mol. The molecule has 1 unspecified atom stereocenters. The highest BCUT2D eigenvalue weighted by atomic mass is 16.6. The number of ether oxygens (including phenoxy) is 2. The maximum absolute atomic E-state index is 10.1. The second kappa shape index (κ2) is 6.17. The number of fused-ring (bicyclic) bond motifs is 1. The van der Waals surface area contributed by atoms with Gasteiger partial charge in [-0.15, -0.1) is 0 Å². The van der Waals surface area contributed by atoms with Crippen LogP contribution >= 0.6 is 0 Å². The van der Waals surface area contributed by atoms with Crippen LogP contribution in [0.1, 0.15) is 38.0 Å². The lowest BCUT2D eigenvalue weighted by Crippen LogP contribution is -2.38. The number of rotatable bonds is 2. The fourth-order valence-corrected chi connectivity index (χ4v) is 3.08. The Labute approximate surface area is 150 Å². The minimum absolute atomic E-state index is 0.0997. The summed E-state index contributed by atoms with van der Waals surface area (Å²) in [6.45, 7) is 5.63. The third-order valence-corrected chi connectivity index (χ3v) is 4.09. The fraction of sp³-hybridized carbons (Fsp3) is 0.368. The van der Waals surface area contributed by atoms with E-state index in [1.807, 2.05) is 20.8 Å². The standard InChI is InChI=1S/C19H22O7/c1-19(2,3)26-16-8-11-12(21)6-10(20)7-15(11)25-18(16)9-4-13(22)17(24)14(23)5-9/h4-7,16,18,20-24H,8H2,1-3H3/t16-,18?/m1/s1. The van der Waals surface area contributed by atoms with E-state index in [9.17, 15) is 25.5 Å². The molecule has 2 atom stereocenters. The minimum atomic E-state index is -0.736. The molecule has 7 heteroatoms. The summed E-state index contributed by atoms with van der Waals surface area (Å²) in [4.78, 5) is 0. The summed E-state index contributed by atoms with van der Waals surface area (Å²) < 4.78 is 12.0. The van der Waals surface area contributed by atoms with Gasteiger partial charge in [-0.3, -0.25) is 0 Å². The van der Waals surface area contributed by atoms with Crippen molar-refractivity contribution in [2.75, 3.05) is 0 Å². The molecule has 3 rings (SSSR count). The van der Waals surface area contributed by atoms with Crippen LogP contribution in [0.3, 0.4) is 0 Å². The normalized spacial score (nSPS) is 19.7. The molecule has 0 amide bonds. The molecule has 1 aliphatic heterocycles. The van der Waals surface area contributed by atoms with Crippen molar-refractivity contribution in [3.8, 4) is 34.5 Å². The molecule has 0 spiro atoms. The lowest BCUT2D eigenvalue weighted by molar-refractivity contribution is -0.111. The zero-order valence-electron chi connectivity index (χ0n) is 14.7. The van der Waals surface area contributed by atoms with E-state index >= 15 is 0 Å². The predicted octanol–water partition coefficient (Wildman–Crippen LogP) is 3.07. The highest BCUT2D eigenvalue weighted by Gasteiger charge is 2.37. The fourth-order valence-electron chi connectivity index (χ4n) is 3.08. The summed E-state index contributed by atoms with van der Waals surface area (Å²) in [5.41, 5.74) is 0.373. The molecule has 1 aliphatic rings. The van der Waals surface area contributed by atoms with Crippen molar-refractivity contribution in [3.63, 3.8) is 0 Å². The molecule has 0 fully saturated rings. The largest absolute Gasteiger partial charge is 0.508 e. The molecule has 0 radical (unpaired) electrons. The van der Waals surface area contributed by atoms with Gasteiger partial charge < -0.3 is 35.0 Å². The first-order chi connectivity index (χ1) is 12.0. The number of aromatic hydroxyl groups is 5. The molecule has 2 aromatic carbocycles. The Bertz CT molecular complexity index is 816. The number of hydrogen-bond donors (Lipinski definition) is 5. The molecule has 5 N–H and O–H groups in total. The highest BCUT2D eigenvalue weighted by molar-refractivity contribution is 5.54. The van der Waals surface area contributed by atoms with Gasteiger partial charge in [0, 0.05) is 29.7 Å². The van der Waals surface area contributed by atoms with Crippen molar-refractivity contribution < 1.29 is 35.0 Å². The molecule has 2 aromatic rings. The first-order valence-corrected chi connectivity index (χ1v) is 8.19. The first-order valence-electron chi connectivity index (χ1n) is 8.19. The smallest absolute Gasteiger partial charge is 0.200 e. The Balaban J connectivity index is 2.08. The zero-order chi connectivity index (χ0) is 19.2. The van der Waals surface area contributed by atoms with Gasteiger partial charge in [-0.2, -0.15) is 0 Å².